The first-order valence-electron chi connectivity index (χ1n) is 8.38. The maximum absolute atomic E-state index is 12.4. The van der Waals surface area contributed by atoms with E-state index >= 15 is 0 Å². The molecule has 2 aromatic carbocycles. The van der Waals surface area contributed by atoms with Gasteiger partial charge in [0.05, 0.1) is 24.3 Å². The quantitative estimate of drug-likeness (QED) is 0.703. The molecule has 2 aromatic rings. The van der Waals surface area contributed by atoms with Crippen LogP contribution >= 0.6 is 23.2 Å². The van der Waals surface area contributed by atoms with Gasteiger partial charge in [-0.3, -0.25) is 4.79 Å². The minimum Gasteiger partial charge on any atom is -0.465 e. The molecule has 0 fully saturated rings. The zero-order chi connectivity index (χ0) is 20.8. The molecule has 148 valence electrons. The summed E-state index contributed by atoms with van der Waals surface area (Å²) in [5.41, 5.74) is 0.751. The standard InChI is InChI=1S/C20H19Cl2NO5/c1-11(14-9-8-13(21)10-17(14)22)23-18(24)12(2)28-20(26)16-7-5-4-6-15(16)19(25)27-3/h4-12H,1-3H3,(H,23,24). The third kappa shape index (κ3) is 5.24. The number of benzene rings is 2. The monoisotopic (exact) mass is 423 g/mol. The number of hydrogen-bond donors (Lipinski definition) is 1. The highest BCUT2D eigenvalue weighted by Crippen LogP contribution is 2.26. The van der Waals surface area contributed by atoms with Crippen molar-refractivity contribution in [2.45, 2.75) is 26.0 Å². The molecule has 1 amide bonds. The maximum atomic E-state index is 12.4. The number of methoxy groups -OCH3 is 1. The van der Waals surface area contributed by atoms with Gasteiger partial charge in [-0.05, 0) is 43.7 Å². The second kappa shape index (κ2) is 9.57. The third-order valence-electron chi connectivity index (χ3n) is 3.99. The van der Waals surface area contributed by atoms with E-state index in [-0.39, 0.29) is 11.1 Å². The molecule has 2 rings (SSSR count). The van der Waals surface area contributed by atoms with Gasteiger partial charge in [-0.1, -0.05) is 41.4 Å². The number of esters is 2. The van der Waals surface area contributed by atoms with Crippen molar-refractivity contribution in [2.24, 2.45) is 0 Å². The smallest absolute Gasteiger partial charge is 0.339 e. The summed E-state index contributed by atoms with van der Waals surface area (Å²) in [6, 6.07) is 10.6. The number of hydrogen-bond acceptors (Lipinski definition) is 5. The maximum Gasteiger partial charge on any atom is 0.339 e. The van der Waals surface area contributed by atoms with Crippen LogP contribution in [0.3, 0.4) is 0 Å². The number of rotatable bonds is 6. The second-order valence-electron chi connectivity index (χ2n) is 5.98. The minimum atomic E-state index is -1.09. The average Bonchev–Trinajstić information content (AvgIpc) is 2.66. The molecule has 8 heteroatoms. The first-order valence-corrected chi connectivity index (χ1v) is 9.13. The minimum absolute atomic E-state index is 0.0165. The first-order chi connectivity index (χ1) is 13.2. The van der Waals surface area contributed by atoms with Crippen LogP contribution in [0.15, 0.2) is 42.5 Å². The summed E-state index contributed by atoms with van der Waals surface area (Å²) >= 11 is 12.0. The fraction of sp³-hybridized carbons (Fsp3) is 0.250. The number of amides is 1. The van der Waals surface area contributed by atoms with Crippen LogP contribution in [0.4, 0.5) is 0 Å². The van der Waals surface area contributed by atoms with E-state index in [9.17, 15) is 14.4 Å². The lowest BCUT2D eigenvalue weighted by molar-refractivity contribution is -0.129. The summed E-state index contributed by atoms with van der Waals surface area (Å²) in [7, 11) is 1.21. The molecule has 0 saturated carbocycles. The molecular formula is C20H19Cl2NO5. The van der Waals surface area contributed by atoms with Crippen molar-refractivity contribution in [3.05, 3.63) is 69.2 Å². The molecule has 0 saturated heterocycles. The van der Waals surface area contributed by atoms with Crippen LogP contribution in [0.2, 0.25) is 10.0 Å². The Labute approximate surface area is 172 Å². The van der Waals surface area contributed by atoms with E-state index in [0.29, 0.717) is 15.6 Å². The Morgan fingerprint density at radius 1 is 0.964 bits per heavy atom. The van der Waals surface area contributed by atoms with Gasteiger partial charge < -0.3 is 14.8 Å². The molecule has 28 heavy (non-hydrogen) atoms. The number of nitrogens with one attached hydrogen (secondary N) is 1. The Kier molecular flexibility index (Phi) is 7.43. The van der Waals surface area contributed by atoms with Gasteiger partial charge in [0.15, 0.2) is 6.10 Å². The molecule has 0 bridgehead atoms. The zero-order valence-electron chi connectivity index (χ0n) is 15.5. The molecule has 2 unspecified atom stereocenters. The lowest BCUT2D eigenvalue weighted by atomic mass is 10.1. The van der Waals surface area contributed by atoms with Crippen LogP contribution in [0.5, 0.6) is 0 Å². The molecular weight excluding hydrogens is 405 g/mol. The average molecular weight is 424 g/mol. The summed E-state index contributed by atoms with van der Waals surface area (Å²) < 4.78 is 9.86. The SMILES string of the molecule is COC(=O)c1ccccc1C(=O)OC(C)C(=O)NC(C)c1ccc(Cl)cc1Cl. The van der Waals surface area contributed by atoms with E-state index < -0.39 is 30.0 Å². The topological polar surface area (TPSA) is 81.7 Å². The van der Waals surface area contributed by atoms with E-state index in [1.807, 2.05) is 0 Å². The zero-order valence-corrected chi connectivity index (χ0v) is 17.0. The van der Waals surface area contributed by atoms with Gasteiger partial charge in [0.1, 0.15) is 0 Å². The number of ether oxygens (including phenoxy) is 2. The van der Waals surface area contributed by atoms with E-state index in [1.165, 1.54) is 26.2 Å². The molecule has 0 aliphatic rings. The van der Waals surface area contributed by atoms with E-state index in [2.05, 4.69) is 10.1 Å². The Morgan fingerprint density at radius 2 is 1.57 bits per heavy atom. The van der Waals surface area contributed by atoms with Gasteiger partial charge in [-0.2, -0.15) is 0 Å². The molecule has 0 spiro atoms. The van der Waals surface area contributed by atoms with Crippen molar-refractivity contribution in [3.63, 3.8) is 0 Å². The summed E-state index contributed by atoms with van der Waals surface area (Å²) in [6.45, 7) is 3.18. The van der Waals surface area contributed by atoms with Crippen LogP contribution in [0, 0.1) is 0 Å². The Bertz CT molecular complexity index is 900. The van der Waals surface area contributed by atoms with Crippen LogP contribution in [-0.2, 0) is 14.3 Å². The lowest BCUT2D eigenvalue weighted by Crippen LogP contribution is -2.37. The molecule has 0 aromatic heterocycles. The summed E-state index contributed by atoms with van der Waals surface area (Å²) in [6.07, 6.45) is -1.09. The molecule has 0 aliphatic carbocycles. The van der Waals surface area contributed by atoms with Crippen molar-refractivity contribution in [3.8, 4) is 0 Å². The molecule has 1 N–H and O–H groups in total. The van der Waals surface area contributed by atoms with Gasteiger partial charge in [0, 0.05) is 10.0 Å². The van der Waals surface area contributed by atoms with Crippen LogP contribution in [0.1, 0.15) is 46.2 Å². The molecule has 0 heterocycles. The van der Waals surface area contributed by atoms with E-state index in [1.54, 1.807) is 37.3 Å². The van der Waals surface area contributed by atoms with Crippen molar-refractivity contribution >= 4 is 41.0 Å². The predicted molar refractivity (Wildman–Crippen MR) is 106 cm³/mol. The van der Waals surface area contributed by atoms with Gasteiger partial charge in [0.2, 0.25) is 0 Å². The van der Waals surface area contributed by atoms with Crippen molar-refractivity contribution < 1.29 is 23.9 Å². The van der Waals surface area contributed by atoms with Gasteiger partial charge >= 0.3 is 11.9 Å². The fourth-order valence-electron chi connectivity index (χ4n) is 2.49. The number of carbonyl (C=O) groups is 3. The van der Waals surface area contributed by atoms with Gasteiger partial charge in [0.25, 0.3) is 5.91 Å². The third-order valence-corrected chi connectivity index (χ3v) is 4.56. The first kappa shape index (κ1) is 21.7. The summed E-state index contributed by atoms with van der Waals surface area (Å²) in [4.78, 5) is 36.6. The largest absolute Gasteiger partial charge is 0.465 e. The highest BCUT2D eigenvalue weighted by atomic mass is 35.5. The fourth-order valence-corrected chi connectivity index (χ4v) is 3.06. The Morgan fingerprint density at radius 3 is 2.14 bits per heavy atom. The van der Waals surface area contributed by atoms with Crippen LogP contribution < -0.4 is 5.32 Å². The highest BCUT2D eigenvalue weighted by molar-refractivity contribution is 6.35. The van der Waals surface area contributed by atoms with Gasteiger partial charge in [-0.15, -0.1) is 0 Å². The second-order valence-corrected chi connectivity index (χ2v) is 6.82. The molecule has 0 aliphatic heterocycles. The van der Waals surface area contributed by atoms with Crippen LogP contribution in [-0.4, -0.2) is 31.1 Å². The van der Waals surface area contributed by atoms with Gasteiger partial charge in [-0.25, -0.2) is 9.59 Å². The summed E-state index contributed by atoms with van der Waals surface area (Å²) in [5, 5.41) is 3.63. The molecule has 2 atom stereocenters. The predicted octanol–water partition coefficient (Wildman–Crippen LogP) is 4.20. The summed E-state index contributed by atoms with van der Waals surface area (Å²) in [5.74, 6) is -1.99. The number of halogens is 2. The van der Waals surface area contributed by atoms with Crippen molar-refractivity contribution in [1.82, 2.24) is 5.32 Å². The normalized spacial score (nSPS) is 12.6. The van der Waals surface area contributed by atoms with E-state index in [4.69, 9.17) is 27.9 Å². The van der Waals surface area contributed by atoms with Crippen LogP contribution in [0.25, 0.3) is 0 Å². The highest BCUT2D eigenvalue weighted by Gasteiger charge is 2.24. The number of carbonyl (C=O) groups excluding carboxylic acids is 3. The lowest BCUT2D eigenvalue weighted by Gasteiger charge is -2.19. The Hall–Kier alpha value is -2.57. The van der Waals surface area contributed by atoms with Crippen molar-refractivity contribution in [1.29, 1.82) is 0 Å². The Balaban J connectivity index is 2.06. The van der Waals surface area contributed by atoms with E-state index in [0.717, 1.165) is 0 Å². The molecule has 6 nitrogen and oxygen atoms in total. The van der Waals surface area contributed by atoms with Crippen molar-refractivity contribution in [2.75, 3.05) is 7.11 Å². The molecule has 0 radical (unpaired) electrons.